The molecule has 0 spiro atoms. The predicted octanol–water partition coefficient (Wildman–Crippen LogP) is 3.99. The molecule has 4 nitrogen and oxygen atoms in total. The van der Waals surface area contributed by atoms with Gasteiger partial charge in [0.1, 0.15) is 6.61 Å². The first-order chi connectivity index (χ1) is 10.1. The van der Waals surface area contributed by atoms with Gasteiger partial charge in [-0.05, 0) is 33.6 Å². The van der Waals surface area contributed by atoms with Gasteiger partial charge in [0.05, 0.1) is 22.8 Å². The van der Waals surface area contributed by atoms with Crippen LogP contribution in [0.25, 0.3) is 0 Å². The summed E-state index contributed by atoms with van der Waals surface area (Å²) in [5.74, 6) is 1.43. The first kappa shape index (κ1) is 16.3. The van der Waals surface area contributed by atoms with E-state index in [-0.39, 0.29) is 0 Å². The van der Waals surface area contributed by atoms with Gasteiger partial charge < -0.3 is 14.8 Å². The molecule has 0 amide bonds. The summed E-state index contributed by atoms with van der Waals surface area (Å²) in [6.45, 7) is 5.47. The number of rotatable bonds is 7. The van der Waals surface area contributed by atoms with Gasteiger partial charge in [0.25, 0.3) is 0 Å². The Balaban J connectivity index is 2.12. The molecule has 1 aromatic heterocycles. The topological polar surface area (TPSA) is 43.4 Å². The lowest BCUT2D eigenvalue weighted by molar-refractivity contribution is 0.279. The van der Waals surface area contributed by atoms with E-state index >= 15 is 0 Å². The Labute approximate surface area is 137 Å². The van der Waals surface area contributed by atoms with Gasteiger partial charge in [0.2, 0.25) is 0 Å². The van der Waals surface area contributed by atoms with Crippen LogP contribution in [0.5, 0.6) is 11.5 Å². The lowest BCUT2D eigenvalue weighted by Crippen LogP contribution is -2.21. The molecular formula is C15H19BrN2O2S. The van der Waals surface area contributed by atoms with E-state index in [1.165, 1.54) is 0 Å². The zero-order chi connectivity index (χ0) is 15.2. The van der Waals surface area contributed by atoms with Crippen LogP contribution in [0.1, 0.15) is 25.1 Å². The van der Waals surface area contributed by atoms with Gasteiger partial charge in [-0.15, -0.1) is 11.3 Å². The van der Waals surface area contributed by atoms with Crippen LogP contribution in [0, 0.1) is 0 Å². The van der Waals surface area contributed by atoms with Crippen molar-refractivity contribution in [2.75, 3.05) is 7.11 Å². The van der Waals surface area contributed by atoms with Crippen molar-refractivity contribution in [3.63, 3.8) is 0 Å². The van der Waals surface area contributed by atoms with Gasteiger partial charge in [0, 0.05) is 18.0 Å². The average molecular weight is 371 g/mol. The van der Waals surface area contributed by atoms with Crippen molar-refractivity contribution in [2.24, 2.45) is 0 Å². The molecule has 0 fully saturated rings. The van der Waals surface area contributed by atoms with Gasteiger partial charge in [-0.25, -0.2) is 4.98 Å². The third-order valence-corrected chi connectivity index (χ3v) is 4.08. The molecule has 0 saturated carbocycles. The second-order valence-corrected chi connectivity index (χ2v) is 6.49. The maximum absolute atomic E-state index is 5.84. The lowest BCUT2D eigenvalue weighted by Gasteiger charge is -2.15. The number of nitrogens with one attached hydrogen (secondary N) is 1. The van der Waals surface area contributed by atoms with E-state index in [0.29, 0.717) is 18.4 Å². The fourth-order valence-corrected chi connectivity index (χ4v) is 2.94. The smallest absolute Gasteiger partial charge is 0.175 e. The van der Waals surface area contributed by atoms with Gasteiger partial charge in [0.15, 0.2) is 11.5 Å². The number of nitrogens with zero attached hydrogens (tertiary/aromatic N) is 1. The highest BCUT2D eigenvalue weighted by Gasteiger charge is 2.12. The maximum Gasteiger partial charge on any atom is 0.175 e. The average Bonchev–Trinajstić information content (AvgIpc) is 2.96. The van der Waals surface area contributed by atoms with Crippen LogP contribution in [0.4, 0.5) is 0 Å². The van der Waals surface area contributed by atoms with Gasteiger partial charge >= 0.3 is 0 Å². The largest absolute Gasteiger partial charge is 0.493 e. The minimum Gasteiger partial charge on any atom is -0.493 e. The van der Waals surface area contributed by atoms with E-state index in [1.807, 2.05) is 17.5 Å². The minimum absolute atomic E-state index is 0.433. The first-order valence-electron chi connectivity index (χ1n) is 6.69. The molecule has 0 unspecified atom stereocenters. The number of hydrogen-bond donors (Lipinski definition) is 1. The summed E-state index contributed by atoms with van der Waals surface area (Å²) in [7, 11) is 1.65. The molecule has 1 N–H and O–H groups in total. The molecule has 1 heterocycles. The van der Waals surface area contributed by atoms with Crippen LogP contribution in [0.3, 0.4) is 0 Å². The number of hydrogen-bond acceptors (Lipinski definition) is 5. The van der Waals surface area contributed by atoms with Crippen LogP contribution in [-0.2, 0) is 13.2 Å². The third-order valence-electron chi connectivity index (χ3n) is 2.85. The number of ether oxygens (including phenoxy) is 2. The maximum atomic E-state index is 5.84. The molecule has 0 aliphatic carbocycles. The Kier molecular flexibility index (Phi) is 6.02. The SMILES string of the molecule is COc1cc(CNC(C)C)cc(Br)c1OCc1cscn1. The molecule has 0 bridgehead atoms. The molecule has 0 aliphatic heterocycles. The normalized spacial score (nSPS) is 10.9. The van der Waals surface area contributed by atoms with Crippen molar-refractivity contribution in [1.29, 1.82) is 0 Å². The summed E-state index contributed by atoms with van der Waals surface area (Å²) in [4.78, 5) is 4.21. The molecule has 0 radical (unpaired) electrons. The molecule has 0 saturated heterocycles. The van der Waals surface area contributed by atoms with Gasteiger partial charge in [-0.1, -0.05) is 13.8 Å². The molecule has 2 aromatic rings. The van der Waals surface area contributed by atoms with Crippen LogP contribution in [0.15, 0.2) is 27.5 Å². The molecule has 21 heavy (non-hydrogen) atoms. The van der Waals surface area contributed by atoms with Gasteiger partial charge in [-0.2, -0.15) is 0 Å². The second kappa shape index (κ2) is 7.77. The molecule has 0 atom stereocenters. The van der Waals surface area contributed by atoms with Crippen molar-refractivity contribution in [3.8, 4) is 11.5 Å². The Morgan fingerprint density at radius 2 is 2.19 bits per heavy atom. The van der Waals surface area contributed by atoms with Crippen molar-refractivity contribution in [2.45, 2.75) is 33.0 Å². The number of aromatic nitrogens is 1. The summed E-state index contributed by atoms with van der Waals surface area (Å²) < 4.78 is 12.2. The zero-order valence-electron chi connectivity index (χ0n) is 12.4. The monoisotopic (exact) mass is 370 g/mol. The van der Waals surface area contributed by atoms with E-state index in [1.54, 1.807) is 24.0 Å². The summed E-state index contributed by atoms with van der Waals surface area (Å²) in [6, 6.07) is 4.49. The molecule has 1 aromatic carbocycles. The summed E-state index contributed by atoms with van der Waals surface area (Å²) in [6.07, 6.45) is 0. The molecule has 2 rings (SSSR count). The van der Waals surface area contributed by atoms with E-state index in [4.69, 9.17) is 9.47 Å². The highest BCUT2D eigenvalue weighted by molar-refractivity contribution is 9.10. The Bertz CT molecular complexity index is 573. The van der Waals surface area contributed by atoms with Crippen molar-refractivity contribution >= 4 is 27.3 Å². The second-order valence-electron chi connectivity index (χ2n) is 4.91. The summed E-state index contributed by atoms with van der Waals surface area (Å²) >= 11 is 5.12. The molecule has 0 aliphatic rings. The van der Waals surface area contributed by atoms with Crippen molar-refractivity contribution in [1.82, 2.24) is 10.3 Å². The van der Waals surface area contributed by atoms with Crippen LogP contribution in [0.2, 0.25) is 0 Å². The highest BCUT2D eigenvalue weighted by Crippen LogP contribution is 2.37. The van der Waals surface area contributed by atoms with Gasteiger partial charge in [-0.3, -0.25) is 0 Å². The third kappa shape index (κ3) is 4.69. The van der Waals surface area contributed by atoms with E-state index in [9.17, 15) is 0 Å². The quantitative estimate of drug-likeness (QED) is 0.799. The molecule has 114 valence electrons. The lowest BCUT2D eigenvalue weighted by atomic mass is 10.2. The van der Waals surface area contributed by atoms with Crippen molar-refractivity contribution in [3.05, 3.63) is 38.8 Å². The minimum atomic E-state index is 0.433. The zero-order valence-corrected chi connectivity index (χ0v) is 14.8. The summed E-state index contributed by atoms with van der Waals surface area (Å²) in [5, 5.41) is 5.36. The Morgan fingerprint density at radius 1 is 1.38 bits per heavy atom. The number of methoxy groups -OCH3 is 1. The van der Waals surface area contributed by atoms with Crippen LogP contribution in [-0.4, -0.2) is 18.1 Å². The Morgan fingerprint density at radius 3 is 2.81 bits per heavy atom. The van der Waals surface area contributed by atoms with E-state index in [0.717, 1.165) is 28.0 Å². The number of halogens is 1. The van der Waals surface area contributed by atoms with E-state index < -0.39 is 0 Å². The molecular weight excluding hydrogens is 352 g/mol. The van der Waals surface area contributed by atoms with Crippen LogP contribution < -0.4 is 14.8 Å². The van der Waals surface area contributed by atoms with Crippen LogP contribution >= 0.6 is 27.3 Å². The summed E-state index contributed by atoms with van der Waals surface area (Å²) in [5.41, 5.74) is 3.86. The first-order valence-corrected chi connectivity index (χ1v) is 8.43. The standard InChI is InChI=1S/C15H19BrN2O2S/c1-10(2)17-6-11-4-13(16)15(14(5-11)19-3)20-7-12-8-21-9-18-12/h4-5,8-10,17H,6-7H2,1-3H3. The highest BCUT2D eigenvalue weighted by atomic mass is 79.9. The van der Waals surface area contributed by atoms with E-state index in [2.05, 4.69) is 40.1 Å². The number of thiazole rings is 1. The predicted molar refractivity (Wildman–Crippen MR) is 89.1 cm³/mol. The fourth-order valence-electron chi connectivity index (χ4n) is 1.79. The Hall–Kier alpha value is -1.11. The molecule has 6 heteroatoms. The number of benzene rings is 1. The fraction of sp³-hybridized carbons (Fsp3) is 0.400. The van der Waals surface area contributed by atoms with Crippen molar-refractivity contribution < 1.29 is 9.47 Å².